The molecule has 0 saturated carbocycles. The highest BCUT2D eigenvalue weighted by molar-refractivity contribution is 6.01. The largest absolute Gasteiger partial charge is 0.461 e. The van der Waals surface area contributed by atoms with E-state index in [0.717, 1.165) is 5.56 Å². The van der Waals surface area contributed by atoms with Gasteiger partial charge in [0.15, 0.2) is 0 Å². The Morgan fingerprint density at radius 1 is 1.22 bits per heavy atom. The molecule has 0 aliphatic heterocycles. The minimum absolute atomic E-state index is 0.340. The van der Waals surface area contributed by atoms with Gasteiger partial charge in [0, 0.05) is 5.39 Å². The van der Waals surface area contributed by atoms with Gasteiger partial charge in [-0.3, -0.25) is 0 Å². The van der Waals surface area contributed by atoms with E-state index < -0.39 is 0 Å². The van der Waals surface area contributed by atoms with E-state index in [4.69, 9.17) is 9.62 Å². The fraction of sp³-hybridized carbons (Fsp3) is 0.231. The normalized spacial score (nSPS) is 13.3. The second-order valence-electron chi connectivity index (χ2n) is 4.17. The molecule has 0 aliphatic carbocycles. The van der Waals surface area contributed by atoms with Crippen molar-refractivity contribution in [2.75, 3.05) is 0 Å². The van der Waals surface area contributed by atoms with Crippen LogP contribution in [0.15, 0.2) is 32.9 Å². The van der Waals surface area contributed by atoms with Crippen molar-refractivity contribution in [2.45, 2.75) is 20.8 Å². The summed E-state index contributed by atoms with van der Waals surface area (Å²) < 4.78 is 5.65. The molecule has 0 unspecified atom stereocenters. The fourth-order valence-corrected chi connectivity index (χ4v) is 2.02. The molecule has 1 heterocycles. The molecule has 1 aromatic carbocycles. The Bertz CT molecular complexity index is 699. The first-order chi connectivity index (χ1) is 8.58. The highest BCUT2D eigenvalue weighted by Crippen LogP contribution is 2.17. The zero-order valence-electron chi connectivity index (χ0n) is 10.4. The van der Waals surface area contributed by atoms with Crippen LogP contribution in [0.25, 0.3) is 11.0 Å². The van der Waals surface area contributed by atoms with E-state index in [1.54, 1.807) is 13.8 Å². The molecular weight excluding hydrogens is 232 g/mol. The summed E-state index contributed by atoms with van der Waals surface area (Å²) in [5.74, 6) is 0.537. The lowest BCUT2D eigenvalue weighted by molar-refractivity contribution is 0.301. The molecule has 0 bridgehead atoms. The maximum absolute atomic E-state index is 9.22. The van der Waals surface area contributed by atoms with Gasteiger partial charge in [0.2, 0.25) is 0 Å². The average molecular weight is 246 g/mol. The number of oxime groups is 1. The van der Waals surface area contributed by atoms with Crippen LogP contribution in [0.4, 0.5) is 0 Å². The van der Waals surface area contributed by atoms with Gasteiger partial charge in [0.05, 0.1) is 11.3 Å². The summed E-state index contributed by atoms with van der Waals surface area (Å²) >= 11 is 0. The van der Waals surface area contributed by atoms with Crippen molar-refractivity contribution < 1.29 is 14.8 Å². The molecule has 5 heteroatoms. The predicted octanol–water partition coefficient (Wildman–Crippen LogP) is 2.54. The van der Waals surface area contributed by atoms with Crippen LogP contribution in [-0.4, -0.2) is 16.1 Å². The molecule has 94 valence electrons. The van der Waals surface area contributed by atoms with Crippen LogP contribution >= 0.6 is 0 Å². The lowest BCUT2D eigenvalue weighted by Gasteiger charge is -2.07. The van der Waals surface area contributed by atoms with Gasteiger partial charge >= 0.3 is 0 Å². The van der Waals surface area contributed by atoms with Gasteiger partial charge in [0.1, 0.15) is 16.7 Å². The predicted molar refractivity (Wildman–Crippen MR) is 67.0 cm³/mol. The Hall–Kier alpha value is -2.30. The maximum Gasteiger partial charge on any atom is 0.136 e. The smallest absolute Gasteiger partial charge is 0.136 e. The monoisotopic (exact) mass is 246 g/mol. The number of benzene rings is 1. The SMILES string of the molecule is C/C(=N\O)c1c(C)oc2ccc(C)cc2/c1=N\O. The number of nitrogens with zero attached hydrogens (tertiary/aromatic N) is 2. The Labute approximate surface area is 104 Å². The first-order valence-electron chi connectivity index (χ1n) is 5.49. The van der Waals surface area contributed by atoms with Gasteiger partial charge in [-0.2, -0.15) is 0 Å². The minimum Gasteiger partial charge on any atom is -0.461 e. The van der Waals surface area contributed by atoms with E-state index in [9.17, 15) is 5.21 Å². The van der Waals surface area contributed by atoms with E-state index in [-0.39, 0.29) is 0 Å². The van der Waals surface area contributed by atoms with Crippen molar-refractivity contribution >= 4 is 16.7 Å². The van der Waals surface area contributed by atoms with E-state index in [2.05, 4.69) is 10.3 Å². The molecule has 1 aromatic heterocycles. The molecular formula is C13H14N2O3. The van der Waals surface area contributed by atoms with E-state index >= 15 is 0 Å². The summed E-state index contributed by atoms with van der Waals surface area (Å²) in [6.07, 6.45) is 0. The highest BCUT2D eigenvalue weighted by Gasteiger charge is 2.13. The standard InChI is InChI=1S/C13H14N2O3/c1-7-4-5-11-10(6-7)13(15-17)12(8(2)14-16)9(3)18-11/h4-6,16-17H,1-3H3/b14-8+,15-13+. The van der Waals surface area contributed by atoms with Crippen molar-refractivity contribution in [1.29, 1.82) is 0 Å². The molecule has 2 rings (SSSR count). The molecule has 0 radical (unpaired) electrons. The van der Waals surface area contributed by atoms with E-state index in [1.165, 1.54) is 0 Å². The van der Waals surface area contributed by atoms with Gasteiger partial charge in [0.25, 0.3) is 0 Å². The van der Waals surface area contributed by atoms with Crippen LogP contribution in [0, 0.1) is 13.8 Å². The van der Waals surface area contributed by atoms with Crippen molar-refractivity contribution in [1.82, 2.24) is 0 Å². The Morgan fingerprint density at radius 3 is 2.56 bits per heavy atom. The lowest BCUT2D eigenvalue weighted by atomic mass is 10.1. The van der Waals surface area contributed by atoms with Crippen LogP contribution in [0.3, 0.4) is 0 Å². The van der Waals surface area contributed by atoms with E-state index in [1.807, 2.05) is 25.1 Å². The number of rotatable bonds is 1. The van der Waals surface area contributed by atoms with Crippen molar-refractivity contribution in [3.05, 3.63) is 40.4 Å². The molecule has 0 amide bonds. The second-order valence-corrected chi connectivity index (χ2v) is 4.17. The zero-order valence-corrected chi connectivity index (χ0v) is 10.4. The zero-order chi connectivity index (χ0) is 13.3. The molecule has 5 nitrogen and oxygen atoms in total. The fourth-order valence-electron chi connectivity index (χ4n) is 2.02. The maximum atomic E-state index is 9.22. The highest BCUT2D eigenvalue weighted by atomic mass is 16.4. The summed E-state index contributed by atoms with van der Waals surface area (Å²) in [6, 6.07) is 5.60. The number of fused-ring (bicyclic) bond motifs is 1. The van der Waals surface area contributed by atoms with E-state index in [0.29, 0.717) is 33.4 Å². The summed E-state index contributed by atoms with van der Waals surface area (Å²) in [5, 5.41) is 25.6. The number of hydrogen-bond acceptors (Lipinski definition) is 5. The topological polar surface area (TPSA) is 78.3 Å². The van der Waals surface area contributed by atoms with Crippen molar-refractivity contribution in [2.24, 2.45) is 10.3 Å². The Kier molecular flexibility index (Phi) is 3.06. The molecule has 0 aliphatic rings. The first-order valence-corrected chi connectivity index (χ1v) is 5.49. The number of aryl methyl sites for hydroxylation is 2. The molecule has 0 spiro atoms. The van der Waals surface area contributed by atoms with Crippen LogP contribution in [0.2, 0.25) is 0 Å². The van der Waals surface area contributed by atoms with Gasteiger partial charge in [-0.05, 0) is 32.9 Å². The minimum atomic E-state index is 0.340. The third-order valence-corrected chi connectivity index (χ3v) is 2.85. The third-order valence-electron chi connectivity index (χ3n) is 2.85. The van der Waals surface area contributed by atoms with Gasteiger partial charge in [-0.1, -0.05) is 21.9 Å². The van der Waals surface area contributed by atoms with Crippen LogP contribution in [0.5, 0.6) is 0 Å². The summed E-state index contributed by atoms with van der Waals surface area (Å²) in [7, 11) is 0. The molecule has 2 N–H and O–H groups in total. The molecule has 0 saturated heterocycles. The Balaban J connectivity index is 3.01. The summed E-state index contributed by atoms with van der Waals surface area (Å²) in [4.78, 5) is 0. The van der Waals surface area contributed by atoms with Crippen molar-refractivity contribution in [3.8, 4) is 0 Å². The summed E-state index contributed by atoms with van der Waals surface area (Å²) in [5.41, 5.74) is 2.49. The van der Waals surface area contributed by atoms with Crippen LogP contribution in [-0.2, 0) is 0 Å². The number of hydrogen-bond donors (Lipinski definition) is 2. The molecule has 0 fully saturated rings. The quantitative estimate of drug-likeness (QED) is 0.461. The van der Waals surface area contributed by atoms with Gasteiger partial charge in [-0.15, -0.1) is 0 Å². The first kappa shape index (κ1) is 12.2. The molecule has 2 aromatic rings. The van der Waals surface area contributed by atoms with Crippen LogP contribution in [0.1, 0.15) is 23.8 Å². The summed E-state index contributed by atoms with van der Waals surface area (Å²) in [6.45, 7) is 5.29. The molecule has 0 atom stereocenters. The third kappa shape index (κ3) is 1.84. The van der Waals surface area contributed by atoms with Crippen molar-refractivity contribution in [3.63, 3.8) is 0 Å². The molecule has 18 heavy (non-hydrogen) atoms. The second kappa shape index (κ2) is 4.52. The van der Waals surface area contributed by atoms with Gasteiger partial charge < -0.3 is 14.8 Å². The van der Waals surface area contributed by atoms with Crippen LogP contribution < -0.4 is 5.36 Å². The lowest BCUT2D eigenvalue weighted by Crippen LogP contribution is -2.17. The average Bonchev–Trinajstić information content (AvgIpc) is 2.37. The Morgan fingerprint density at radius 2 is 1.94 bits per heavy atom. The van der Waals surface area contributed by atoms with Gasteiger partial charge in [-0.25, -0.2) is 0 Å².